The summed E-state index contributed by atoms with van der Waals surface area (Å²) >= 11 is 12.7. The van der Waals surface area contributed by atoms with Gasteiger partial charge in [0.2, 0.25) is 0 Å². The molecule has 0 bridgehead atoms. The van der Waals surface area contributed by atoms with Crippen LogP contribution < -0.4 is 10.6 Å². The number of hydrogen-bond donors (Lipinski definition) is 2. The first-order valence-electron chi connectivity index (χ1n) is 10.9. The monoisotopic (exact) mass is 440 g/mol. The molecule has 2 N–H and O–H groups in total. The quantitative estimate of drug-likeness (QED) is 0.510. The third-order valence-electron chi connectivity index (χ3n) is 6.88. The molecule has 1 aliphatic heterocycles. The number of hydrogen-bond acceptors (Lipinski definition) is 2. The van der Waals surface area contributed by atoms with Gasteiger partial charge in [-0.15, -0.1) is 0 Å². The Bertz CT molecular complexity index is 997. The van der Waals surface area contributed by atoms with Crippen molar-refractivity contribution in [3.05, 3.63) is 75.3 Å². The summed E-state index contributed by atoms with van der Waals surface area (Å²) in [5.41, 5.74) is 3.90. The van der Waals surface area contributed by atoms with Gasteiger partial charge in [0, 0.05) is 22.0 Å². The maximum Gasteiger partial charge on any atom is 0.253 e. The molecule has 2 aromatic rings. The van der Waals surface area contributed by atoms with Crippen LogP contribution in [0.1, 0.15) is 72.0 Å². The number of nitrogens with one attached hydrogen (secondary N) is 2. The molecule has 0 saturated heterocycles. The van der Waals surface area contributed by atoms with E-state index < -0.39 is 0 Å². The lowest BCUT2D eigenvalue weighted by Gasteiger charge is -2.38. The molecule has 30 heavy (non-hydrogen) atoms. The molecule has 0 radical (unpaired) electrons. The maximum absolute atomic E-state index is 13.2. The number of anilines is 1. The van der Waals surface area contributed by atoms with Crippen LogP contribution in [0, 0.1) is 5.92 Å². The molecule has 1 heterocycles. The Balaban J connectivity index is 1.50. The van der Waals surface area contributed by atoms with Gasteiger partial charge >= 0.3 is 0 Å². The van der Waals surface area contributed by atoms with Crippen LogP contribution in [0.4, 0.5) is 5.69 Å². The predicted octanol–water partition coefficient (Wildman–Crippen LogP) is 6.88. The molecule has 2 aliphatic carbocycles. The number of amides is 1. The third kappa shape index (κ3) is 3.63. The highest BCUT2D eigenvalue weighted by Crippen LogP contribution is 2.51. The Hall–Kier alpha value is -1.97. The van der Waals surface area contributed by atoms with Crippen molar-refractivity contribution in [1.82, 2.24) is 5.32 Å². The molecule has 3 aliphatic rings. The molecule has 0 spiro atoms. The molecule has 0 aromatic heterocycles. The van der Waals surface area contributed by atoms with E-state index in [-0.39, 0.29) is 23.9 Å². The van der Waals surface area contributed by atoms with Crippen molar-refractivity contribution in [2.45, 2.75) is 56.5 Å². The van der Waals surface area contributed by atoms with Crippen molar-refractivity contribution in [1.29, 1.82) is 0 Å². The van der Waals surface area contributed by atoms with Gasteiger partial charge in [-0.1, -0.05) is 72.8 Å². The topological polar surface area (TPSA) is 41.1 Å². The average molecular weight is 441 g/mol. The van der Waals surface area contributed by atoms with Crippen LogP contribution in [0.15, 0.2) is 48.6 Å². The Labute approximate surface area is 187 Å². The van der Waals surface area contributed by atoms with Crippen molar-refractivity contribution >= 4 is 34.8 Å². The fourth-order valence-electron chi connectivity index (χ4n) is 5.38. The van der Waals surface area contributed by atoms with Crippen LogP contribution in [0.25, 0.3) is 0 Å². The average Bonchev–Trinajstić information content (AvgIpc) is 3.24. The number of para-hydroxylation sites is 1. The number of benzene rings is 2. The molecule has 156 valence electrons. The molecule has 1 saturated carbocycles. The van der Waals surface area contributed by atoms with Crippen LogP contribution >= 0.6 is 23.2 Å². The smallest absolute Gasteiger partial charge is 0.253 e. The van der Waals surface area contributed by atoms with Crippen molar-refractivity contribution in [3.8, 4) is 0 Å². The zero-order valence-corrected chi connectivity index (χ0v) is 18.3. The Kier molecular flexibility index (Phi) is 5.51. The highest BCUT2D eigenvalue weighted by atomic mass is 35.5. The normalized spacial score (nSPS) is 25.3. The number of carbonyl (C=O) groups is 1. The van der Waals surface area contributed by atoms with Gasteiger partial charge in [0.25, 0.3) is 5.91 Å². The molecule has 5 rings (SSSR count). The lowest BCUT2D eigenvalue weighted by molar-refractivity contribution is 0.0928. The fraction of sp³-hybridized carbons (Fsp3) is 0.400. The molecule has 1 amide bonds. The number of fused-ring (bicyclic) bond motifs is 3. The van der Waals surface area contributed by atoms with E-state index in [2.05, 4.69) is 28.9 Å². The van der Waals surface area contributed by atoms with E-state index in [4.69, 9.17) is 23.2 Å². The van der Waals surface area contributed by atoms with E-state index >= 15 is 0 Å². The lowest BCUT2D eigenvalue weighted by Crippen LogP contribution is -2.37. The molecule has 1 fully saturated rings. The number of carbonyl (C=O) groups excluding carboxylic acids is 1. The first-order chi connectivity index (χ1) is 14.6. The second-order valence-corrected chi connectivity index (χ2v) is 9.56. The molecule has 5 heteroatoms. The predicted molar refractivity (Wildman–Crippen MR) is 124 cm³/mol. The van der Waals surface area contributed by atoms with Crippen molar-refractivity contribution < 1.29 is 4.79 Å². The van der Waals surface area contributed by atoms with E-state index in [9.17, 15) is 4.79 Å². The second-order valence-electron chi connectivity index (χ2n) is 8.72. The van der Waals surface area contributed by atoms with Gasteiger partial charge in [-0.2, -0.15) is 0 Å². The van der Waals surface area contributed by atoms with Crippen molar-refractivity contribution in [3.63, 3.8) is 0 Å². The van der Waals surface area contributed by atoms with Crippen molar-refractivity contribution in [2.24, 2.45) is 5.92 Å². The second kappa shape index (κ2) is 8.28. The zero-order valence-electron chi connectivity index (χ0n) is 16.8. The highest BCUT2D eigenvalue weighted by molar-refractivity contribution is 6.35. The van der Waals surface area contributed by atoms with Crippen LogP contribution in [-0.2, 0) is 0 Å². The minimum Gasteiger partial charge on any atom is -0.377 e. The van der Waals surface area contributed by atoms with E-state index in [1.807, 2.05) is 24.3 Å². The first-order valence-corrected chi connectivity index (χ1v) is 11.7. The number of halogens is 2. The molecule has 2 aromatic carbocycles. The molecular formula is C25H26Cl2N2O. The summed E-state index contributed by atoms with van der Waals surface area (Å²) in [6.45, 7) is 0. The van der Waals surface area contributed by atoms with E-state index in [0.29, 0.717) is 16.0 Å². The molecule has 3 atom stereocenters. The number of rotatable bonds is 3. The van der Waals surface area contributed by atoms with Crippen LogP contribution in [-0.4, -0.2) is 11.9 Å². The summed E-state index contributed by atoms with van der Waals surface area (Å²) < 4.78 is 0. The summed E-state index contributed by atoms with van der Waals surface area (Å²) in [4.78, 5) is 13.2. The molecule has 3 unspecified atom stereocenters. The Morgan fingerprint density at radius 2 is 1.87 bits per heavy atom. The van der Waals surface area contributed by atoms with E-state index in [1.54, 1.807) is 6.07 Å². The van der Waals surface area contributed by atoms with Gasteiger partial charge < -0.3 is 10.6 Å². The summed E-state index contributed by atoms with van der Waals surface area (Å²) in [6.07, 6.45) is 11.3. The molecular weight excluding hydrogens is 415 g/mol. The van der Waals surface area contributed by atoms with Crippen LogP contribution in [0.3, 0.4) is 0 Å². The minimum absolute atomic E-state index is 0.0210. The largest absolute Gasteiger partial charge is 0.377 e. The summed E-state index contributed by atoms with van der Waals surface area (Å²) in [7, 11) is 0. The van der Waals surface area contributed by atoms with Gasteiger partial charge in [0.1, 0.15) is 0 Å². The van der Waals surface area contributed by atoms with Crippen molar-refractivity contribution in [2.75, 3.05) is 5.32 Å². The highest BCUT2D eigenvalue weighted by Gasteiger charge is 2.40. The minimum atomic E-state index is 0.0210. The summed E-state index contributed by atoms with van der Waals surface area (Å²) in [5, 5.41) is 8.28. The van der Waals surface area contributed by atoms with Crippen LogP contribution in [0.5, 0.6) is 0 Å². The zero-order chi connectivity index (χ0) is 20.7. The van der Waals surface area contributed by atoms with E-state index in [0.717, 1.165) is 36.1 Å². The van der Waals surface area contributed by atoms with Gasteiger partial charge in [0.05, 0.1) is 17.3 Å². The first kappa shape index (κ1) is 20.0. The third-order valence-corrected chi connectivity index (χ3v) is 7.44. The number of allylic oxidation sites excluding steroid dienone is 2. The molecule has 3 nitrogen and oxygen atoms in total. The van der Waals surface area contributed by atoms with Gasteiger partial charge in [0.15, 0.2) is 0 Å². The van der Waals surface area contributed by atoms with Gasteiger partial charge in [-0.3, -0.25) is 4.79 Å². The van der Waals surface area contributed by atoms with Gasteiger partial charge in [-0.25, -0.2) is 0 Å². The van der Waals surface area contributed by atoms with Gasteiger partial charge in [-0.05, 0) is 54.5 Å². The van der Waals surface area contributed by atoms with Crippen LogP contribution in [0.2, 0.25) is 10.0 Å². The maximum atomic E-state index is 13.2. The summed E-state index contributed by atoms with van der Waals surface area (Å²) in [5.74, 6) is 0.667. The standard InChI is InChI=1S/C25H26Cl2N2O/c26-15-12-13-20(22(27)14-15)23-18-9-4-8-17(18)19-10-5-11-21(24(19)29-23)25(30)28-16-6-2-1-3-7-16/h4-5,8,10-14,16-18,23,29H,1-3,6-7,9H2,(H,28,30). The Morgan fingerprint density at radius 1 is 1.03 bits per heavy atom. The Morgan fingerprint density at radius 3 is 2.67 bits per heavy atom. The lowest BCUT2D eigenvalue weighted by atomic mass is 9.76. The summed E-state index contributed by atoms with van der Waals surface area (Å²) in [6, 6.07) is 12.1. The van der Waals surface area contributed by atoms with E-state index in [1.165, 1.54) is 24.8 Å². The SMILES string of the molecule is O=C(NC1CCCCC1)c1cccc2c1NC(c1ccc(Cl)cc1Cl)C1CC=CC21. The fourth-order valence-corrected chi connectivity index (χ4v) is 5.91.